The van der Waals surface area contributed by atoms with Crippen LogP contribution in [-0.2, 0) is 12.8 Å². The van der Waals surface area contributed by atoms with E-state index in [4.69, 9.17) is 4.74 Å². The first kappa shape index (κ1) is 17.5. The lowest BCUT2D eigenvalue weighted by Gasteiger charge is -2.14. The lowest BCUT2D eigenvalue weighted by Crippen LogP contribution is -2.10. The highest BCUT2D eigenvalue weighted by Crippen LogP contribution is 2.25. The molecule has 0 N–H and O–H groups in total. The van der Waals surface area contributed by atoms with Gasteiger partial charge in [-0.25, -0.2) is 4.39 Å². The summed E-state index contributed by atoms with van der Waals surface area (Å²) in [5.41, 5.74) is 2.10. The Bertz CT molecular complexity index is 848. The molecule has 0 saturated heterocycles. The number of hydrogen-bond donors (Lipinski definition) is 0. The van der Waals surface area contributed by atoms with Gasteiger partial charge < -0.3 is 9.30 Å². The summed E-state index contributed by atoms with van der Waals surface area (Å²) >= 11 is 1.52. The highest BCUT2D eigenvalue weighted by atomic mass is 32.2. The van der Waals surface area contributed by atoms with Gasteiger partial charge in [-0.1, -0.05) is 41.6 Å². The van der Waals surface area contributed by atoms with Gasteiger partial charge in [-0.15, -0.1) is 10.2 Å². The number of ether oxygens (including phenoxy) is 1. The molecule has 0 fully saturated rings. The molecule has 0 aliphatic rings. The number of benzene rings is 2. The molecule has 0 aliphatic heterocycles. The Kier molecular flexibility index (Phi) is 5.38. The molecule has 1 unspecified atom stereocenters. The van der Waals surface area contributed by atoms with E-state index in [0.29, 0.717) is 5.75 Å². The normalized spacial score (nSPS) is 12.2. The second-order valence-electron chi connectivity index (χ2n) is 5.89. The standard InChI is InChI=1S/C19H20FN3OS/c1-13-7-9-17(10-8-13)24-14(2)18-21-22-19(23(18)3)25-12-15-5-4-6-16(20)11-15/h4-11,14H,12H2,1-3H3. The molecule has 25 heavy (non-hydrogen) atoms. The van der Waals surface area contributed by atoms with Gasteiger partial charge in [-0.2, -0.15) is 0 Å². The van der Waals surface area contributed by atoms with Gasteiger partial charge in [0, 0.05) is 12.8 Å². The molecule has 130 valence electrons. The topological polar surface area (TPSA) is 39.9 Å². The van der Waals surface area contributed by atoms with Crippen LogP contribution in [0.15, 0.2) is 53.7 Å². The summed E-state index contributed by atoms with van der Waals surface area (Å²) in [5.74, 6) is 1.96. The molecule has 1 heterocycles. The highest BCUT2D eigenvalue weighted by Gasteiger charge is 2.17. The monoisotopic (exact) mass is 357 g/mol. The minimum absolute atomic E-state index is 0.219. The van der Waals surface area contributed by atoms with E-state index in [2.05, 4.69) is 10.2 Å². The maximum Gasteiger partial charge on any atom is 0.191 e. The van der Waals surface area contributed by atoms with Crippen molar-refractivity contribution in [1.29, 1.82) is 0 Å². The van der Waals surface area contributed by atoms with Crippen molar-refractivity contribution in [2.45, 2.75) is 30.9 Å². The maximum atomic E-state index is 13.3. The van der Waals surface area contributed by atoms with Gasteiger partial charge in [0.2, 0.25) is 0 Å². The van der Waals surface area contributed by atoms with Crippen LogP contribution in [0, 0.1) is 12.7 Å². The fraction of sp³-hybridized carbons (Fsp3) is 0.263. The molecule has 0 spiro atoms. The van der Waals surface area contributed by atoms with Gasteiger partial charge in [0.05, 0.1) is 0 Å². The number of rotatable bonds is 6. The fourth-order valence-electron chi connectivity index (χ4n) is 2.45. The zero-order valence-electron chi connectivity index (χ0n) is 14.4. The van der Waals surface area contributed by atoms with E-state index in [-0.39, 0.29) is 11.9 Å². The van der Waals surface area contributed by atoms with E-state index in [1.807, 2.05) is 55.8 Å². The summed E-state index contributed by atoms with van der Waals surface area (Å²) in [5, 5.41) is 9.26. The number of thioether (sulfide) groups is 1. The average molecular weight is 357 g/mol. The molecule has 0 aliphatic carbocycles. The molecule has 3 aromatic rings. The summed E-state index contributed by atoms with van der Waals surface area (Å²) in [6, 6.07) is 14.5. The minimum atomic E-state index is -0.225. The molecular formula is C19H20FN3OS. The van der Waals surface area contributed by atoms with Crippen molar-refractivity contribution in [1.82, 2.24) is 14.8 Å². The zero-order valence-corrected chi connectivity index (χ0v) is 15.3. The van der Waals surface area contributed by atoms with Crippen molar-refractivity contribution >= 4 is 11.8 Å². The third kappa shape index (κ3) is 4.39. The number of nitrogens with zero attached hydrogens (tertiary/aromatic N) is 3. The second-order valence-corrected chi connectivity index (χ2v) is 6.83. The molecule has 0 saturated carbocycles. The molecule has 0 radical (unpaired) electrons. The molecule has 6 heteroatoms. The molecular weight excluding hydrogens is 337 g/mol. The van der Waals surface area contributed by atoms with Crippen LogP contribution in [0.1, 0.15) is 30.0 Å². The first-order valence-corrected chi connectivity index (χ1v) is 9.01. The van der Waals surface area contributed by atoms with E-state index >= 15 is 0 Å². The smallest absolute Gasteiger partial charge is 0.191 e. The third-order valence-electron chi connectivity index (χ3n) is 3.82. The molecule has 0 amide bonds. The summed E-state index contributed by atoms with van der Waals surface area (Å²) in [6.07, 6.45) is -0.219. The quantitative estimate of drug-likeness (QED) is 0.600. The Morgan fingerprint density at radius 1 is 1.16 bits per heavy atom. The van der Waals surface area contributed by atoms with E-state index in [1.165, 1.54) is 29.5 Å². The predicted molar refractivity (Wildman–Crippen MR) is 97.2 cm³/mol. The molecule has 2 aromatic carbocycles. The fourth-order valence-corrected chi connectivity index (χ4v) is 3.32. The maximum absolute atomic E-state index is 13.3. The summed E-state index contributed by atoms with van der Waals surface area (Å²) in [4.78, 5) is 0. The molecule has 4 nitrogen and oxygen atoms in total. The van der Waals surface area contributed by atoms with E-state index in [9.17, 15) is 4.39 Å². The number of hydrogen-bond acceptors (Lipinski definition) is 4. The van der Waals surface area contributed by atoms with Crippen LogP contribution >= 0.6 is 11.8 Å². The number of aromatic nitrogens is 3. The zero-order chi connectivity index (χ0) is 17.8. The largest absolute Gasteiger partial charge is 0.483 e. The first-order chi connectivity index (χ1) is 12.0. The lowest BCUT2D eigenvalue weighted by atomic mass is 10.2. The van der Waals surface area contributed by atoms with Crippen LogP contribution in [-0.4, -0.2) is 14.8 Å². The van der Waals surface area contributed by atoms with Gasteiger partial charge in [-0.05, 0) is 43.7 Å². The minimum Gasteiger partial charge on any atom is -0.483 e. The van der Waals surface area contributed by atoms with Crippen molar-refractivity contribution in [2.24, 2.45) is 7.05 Å². The van der Waals surface area contributed by atoms with Gasteiger partial charge in [0.15, 0.2) is 17.1 Å². The number of aryl methyl sites for hydroxylation is 1. The summed E-state index contributed by atoms with van der Waals surface area (Å²) in [6.45, 7) is 3.99. The lowest BCUT2D eigenvalue weighted by molar-refractivity contribution is 0.211. The van der Waals surface area contributed by atoms with Crippen molar-refractivity contribution in [3.05, 3.63) is 71.3 Å². The van der Waals surface area contributed by atoms with E-state index in [1.54, 1.807) is 6.07 Å². The SMILES string of the molecule is Cc1ccc(OC(C)c2nnc(SCc3cccc(F)c3)n2C)cc1. The summed E-state index contributed by atoms with van der Waals surface area (Å²) in [7, 11) is 1.91. The van der Waals surface area contributed by atoms with Crippen molar-refractivity contribution in [3.63, 3.8) is 0 Å². The van der Waals surface area contributed by atoms with Crippen molar-refractivity contribution in [3.8, 4) is 5.75 Å². The second kappa shape index (κ2) is 7.70. The van der Waals surface area contributed by atoms with Gasteiger partial charge >= 0.3 is 0 Å². The van der Waals surface area contributed by atoms with Crippen molar-refractivity contribution < 1.29 is 9.13 Å². The van der Waals surface area contributed by atoms with Crippen LogP contribution in [0.2, 0.25) is 0 Å². The van der Waals surface area contributed by atoms with Crippen molar-refractivity contribution in [2.75, 3.05) is 0 Å². The first-order valence-electron chi connectivity index (χ1n) is 8.03. The van der Waals surface area contributed by atoms with Gasteiger partial charge in [0.1, 0.15) is 11.6 Å². The van der Waals surface area contributed by atoms with Crippen LogP contribution in [0.5, 0.6) is 5.75 Å². The van der Waals surface area contributed by atoms with Gasteiger partial charge in [0.25, 0.3) is 0 Å². The van der Waals surface area contributed by atoms with Gasteiger partial charge in [-0.3, -0.25) is 0 Å². The highest BCUT2D eigenvalue weighted by molar-refractivity contribution is 7.98. The molecule has 1 aromatic heterocycles. The molecule has 1 atom stereocenters. The van der Waals surface area contributed by atoms with Crippen LogP contribution in [0.4, 0.5) is 4.39 Å². The Balaban J connectivity index is 1.66. The Morgan fingerprint density at radius 2 is 1.92 bits per heavy atom. The van der Waals surface area contributed by atoms with Crippen LogP contribution in [0.3, 0.4) is 0 Å². The number of halogens is 1. The Hall–Kier alpha value is -2.34. The Morgan fingerprint density at radius 3 is 2.64 bits per heavy atom. The average Bonchev–Trinajstić information content (AvgIpc) is 2.96. The van der Waals surface area contributed by atoms with Crippen LogP contribution in [0.25, 0.3) is 0 Å². The molecule has 3 rings (SSSR count). The van der Waals surface area contributed by atoms with E-state index < -0.39 is 0 Å². The van der Waals surface area contributed by atoms with Crippen LogP contribution < -0.4 is 4.74 Å². The predicted octanol–water partition coefficient (Wildman–Crippen LogP) is 4.69. The third-order valence-corrected chi connectivity index (χ3v) is 4.91. The Labute approximate surface area is 151 Å². The van der Waals surface area contributed by atoms with E-state index in [0.717, 1.165) is 22.3 Å². The molecule has 0 bridgehead atoms. The summed E-state index contributed by atoms with van der Waals surface area (Å²) < 4.78 is 21.1.